The van der Waals surface area contributed by atoms with Crippen LogP contribution in [0, 0.1) is 0 Å². The predicted octanol–water partition coefficient (Wildman–Crippen LogP) is 4.27. The van der Waals surface area contributed by atoms with Crippen molar-refractivity contribution in [3.8, 4) is 0 Å². The van der Waals surface area contributed by atoms with E-state index in [0.29, 0.717) is 35.9 Å². The summed E-state index contributed by atoms with van der Waals surface area (Å²) >= 11 is 0. The van der Waals surface area contributed by atoms with E-state index in [1.165, 1.54) is 0 Å². The van der Waals surface area contributed by atoms with Gasteiger partial charge in [0, 0.05) is 18.7 Å². The lowest BCUT2D eigenvalue weighted by Crippen LogP contribution is -2.47. The lowest BCUT2D eigenvalue weighted by Gasteiger charge is -2.47. The van der Waals surface area contributed by atoms with Crippen LogP contribution in [0.3, 0.4) is 0 Å². The van der Waals surface area contributed by atoms with Gasteiger partial charge in [0.05, 0.1) is 23.6 Å². The highest BCUT2D eigenvalue weighted by Crippen LogP contribution is 2.50. The summed E-state index contributed by atoms with van der Waals surface area (Å²) in [7, 11) is -2.90. The first-order valence-corrected chi connectivity index (χ1v) is 14.0. The molecule has 0 spiro atoms. The number of carbonyl (C=O) groups excluding carboxylic acids is 1. The molecular formula is C26H37N3O4S. The summed E-state index contributed by atoms with van der Waals surface area (Å²) in [5.74, 6) is 0.431. The molecule has 34 heavy (non-hydrogen) atoms. The third-order valence-electron chi connectivity index (χ3n) is 7.02. The highest BCUT2D eigenvalue weighted by atomic mass is 32.3. The summed E-state index contributed by atoms with van der Waals surface area (Å²) in [6, 6.07) is 14.9. The summed E-state index contributed by atoms with van der Waals surface area (Å²) in [4.78, 5) is 13.4. The number of aliphatic hydroxyl groups excluding tert-OH is 1. The molecule has 2 unspecified atom stereocenters. The zero-order valence-electron chi connectivity index (χ0n) is 19.6. The van der Waals surface area contributed by atoms with Crippen LogP contribution in [0.15, 0.2) is 48.5 Å². The maximum atomic E-state index is 13.4. The molecule has 8 heteroatoms. The Morgan fingerprint density at radius 2 is 1.82 bits per heavy atom. The second kappa shape index (κ2) is 11.1. The first kappa shape index (κ1) is 25.0. The monoisotopic (exact) mass is 487 g/mol. The Kier molecular flexibility index (Phi) is 8.16. The number of hydrogen-bond acceptors (Lipinski definition) is 6. The van der Waals surface area contributed by atoms with Gasteiger partial charge in [-0.3, -0.25) is 18.2 Å². The number of rotatable bonds is 8. The minimum absolute atomic E-state index is 0.0415. The molecular weight excluding hydrogens is 450 g/mol. The highest BCUT2D eigenvalue weighted by Gasteiger charge is 2.29. The molecule has 1 aliphatic carbocycles. The van der Waals surface area contributed by atoms with Gasteiger partial charge >= 0.3 is 0 Å². The number of benzene rings is 2. The van der Waals surface area contributed by atoms with Gasteiger partial charge in [0.15, 0.2) is 0 Å². The fourth-order valence-electron chi connectivity index (χ4n) is 5.08. The van der Waals surface area contributed by atoms with E-state index in [1.54, 1.807) is 10.4 Å². The van der Waals surface area contributed by atoms with Gasteiger partial charge < -0.3 is 16.2 Å². The minimum Gasteiger partial charge on any atom is -0.390 e. The quantitative estimate of drug-likeness (QED) is 0.379. The number of hydrogen-bond donors (Lipinski definition) is 5. The molecule has 2 atom stereocenters. The Morgan fingerprint density at radius 1 is 1.09 bits per heavy atom. The van der Waals surface area contributed by atoms with Crippen LogP contribution in [0.1, 0.15) is 65.9 Å². The molecule has 2 fully saturated rings. The Labute approximate surface area is 203 Å². The van der Waals surface area contributed by atoms with Crippen molar-refractivity contribution in [2.75, 3.05) is 23.1 Å². The number of nitrogens with one attached hydrogen (secondary N) is 1. The molecule has 1 saturated heterocycles. The summed E-state index contributed by atoms with van der Waals surface area (Å²) in [5.41, 5.74) is 8.97. The Balaban J connectivity index is 1.63. The third kappa shape index (κ3) is 5.93. The van der Waals surface area contributed by atoms with Gasteiger partial charge in [0.25, 0.3) is 5.91 Å². The molecule has 1 amide bonds. The molecule has 0 aromatic heterocycles. The summed E-state index contributed by atoms with van der Waals surface area (Å²) in [6.07, 6.45) is 5.73. The molecule has 186 valence electrons. The number of carbonyl (C=O) groups is 1. The fraction of sp³-hybridized carbons (Fsp3) is 0.500. The number of anilines is 1. The van der Waals surface area contributed by atoms with Gasteiger partial charge in [-0.25, -0.2) is 0 Å². The van der Waals surface area contributed by atoms with Crippen molar-refractivity contribution in [2.45, 2.75) is 63.0 Å². The van der Waals surface area contributed by atoms with Crippen LogP contribution >= 0.6 is 10.8 Å². The zero-order chi connectivity index (χ0) is 24.1. The van der Waals surface area contributed by atoms with Gasteiger partial charge in [0.1, 0.15) is 0 Å². The molecule has 6 N–H and O–H groups in total. The molecule has 2 aliphatic rings. The van der Waals surface area contributed by atoms with Crippen LogP contribution in [-0.4, -0.2) is 51.1 Å². The van der Waals surface area contributed by atoms with E-state index >= 15 is 0 Å². The second-order valence-corrected chi connectivity index (χ2v) is 11.6. The zero-order valence-corrected chi connectivity index (χ0v) is 20.4. The number of amides is 1. The molecule has 7 nitrogen and oxygen atoms in total. The summed E-state index contributed by atoms with van der Waals surface area (Å²) < 4.78 is 23.1. The van der Waals surface area contributed by atoms with Gasteiger partial charge in [-0.15, -0.1) is 10.8 Å². The molecule has 4 rings (SSSR count). The average Bonchev–Trinajstić information content (AvgIpc) is 3.38. The maximum Gasteiger partial charge on any atom is 0.251 e. The van der Waals surface area contributed by atoms with Crippen LogP contribution in [0.25, 0.3) is 0 Å². The predicted molar refractivity (Wildman–Crippen MR) is 138 cm³/mol. The lowest BCUT2D eigenvalue weighted by atomic mass is 9.94. The van der Waals surface area contributed by atoms with E-state index in [1.807, 2.05) is 42.5 Å². The molecule has 1 aliphatic heterocycles. The van der Waals surface area contributed by atoms with E-state index in [4.69, 9.17) is 5.73 Å². The molecule has 2 aromatic rings. The SMILES string of the molecule is NCC(O)C(Cc1ccccc1)NC(=O)c1cc(C2CCCC2)cc(N2CCCCS2(O)O)c1. The van der Waals surface area contributed by atoms with Crippen LogP contribution in [0.2, 0.25) is 0 Å². The van der Waals surface area contributed by atoms with E-state index < -0.39 is 22.9 Å². The standard InChI is InChI=1S/C26H37N3O4S/c27-18-25(30)24(14-19-8-2-1-3-9-19)28-26(31)22-15-21(20-10-4-5-11-20)16-23(17-22)29-12-6-7-13-34(29,32)33/h1-3,8-9,15-17,20,24-25,30,32-33H,4-7,10-14,18,27H2,(H,28,31). The van der Waals surface area contributed by atoms with E-state index in [0.717, 1.165) is 49.7 Å². The van der Waals surface area contributed by atoms with Crippen LogP contribution < -0.4 is 15.4 Å². The topological polar surface area (TPSA) is 119 Å². The second-order valence-electron chi connectivity index (χ2n) is 9.51. The van der Waals surface area contributed by atoms with Crippen LogP contribution in [0.5, 0.6) is 0 Å². The Bertz CT molecular complexity index is 966. The van der Waals surface area contributed by atoms with Gasteiger partial charge in [-0.1, -0.05) is 43.2 Å². The normalized spacial score (nSPS) is 21.1. The summed E-state index contributed by atoms with van der Waals surface area (Å²) in [6.45, 7) is 0.597. The highest BCUT2D eigenvalue weighted by molar-refractivity contribution is 8.25. The Hall–Kier alpha value is -2.10. The van der Waals surface area contributed by atoms with E-state index in [-0.39, 0.29) is 12.5 Å². The number of aliphatic hydroxyl groups is 1. The van der Waals surface area contributed by atoms with Crippen molar-refractivity contribution < 1.29 is 19.0 Å². The van der Waals surface area contributed by atoms with Crippen molar-refractivity contribution in [3.63, 3.8) is 0 Å². The third-order valence-corrected chi connectivity index (χ3v) is 8.96. The van der Waals surface area contributed by atoms with Crippen molar-refractivity contribution in [1.29, 1.82) is 0 Å². The minimum atomic E-state index is -2.90. The number of nitrogens with two attached hydrogens (primary N) is 1. The van der Waals surface area contributed by atoms with Crippen LogP contribution in [0.4, 0.5) is 5.69 Å². The molecule has 0 radical (unpaired) electrons. The Morgan fingerprint density at radius 3 is 2.50 bits per heavy atom. The lowest BCUT2D eigenvalue weighted by molar-refractivity contribution is 0.0845. The van der Waals surface area contributed by atoms with E-state index in [2.05, 4.69) is 5.32 Å². The maximum absolute atomic E-state index is 13.4. The molecule has 1 heterocycles. The largest absolute Gasteiger partial charge is 0.390 e. The van der Waals surface area contributed by atoms with Gasteiger partial charge in [-0.2, -0.15) is 0 Å². The molecule has 2 aromatic carbocycles. The smallest absolute Gasteiger partial charge is 0.251 e. The van der Waals surface area contributed by atoms with Crippen molar-refractivity contribution in [1.82, 2.24) is 5.32 Å². The van der Waals surface area contributed by atoms with Crippen molar-refractivity contribution in [3.05, 3.63) is 65.2 Å². The molecule has 1 saturated carbocycles. The van der Waals surface area contributed by atoms with Crippen molar-refractivity contribution in [2.24, 2.45) is 5.73 Å². The summed E-state index contributed by atoms with van der Waals surface area (Å²) in [5, 5.41) is 13.5. The first-order valence-electron chi connectivity index (χ1n) is 12.3. The molecule has 0 bridgehead atoms. The average molecular weight is 488 g/mol. The van der Waals surface area contributed by atoms with Crippen LogP contribution in [-0.2, 0) is 6.42 Å². The fourth-order valence-corrected chi connectivity index (χ4v) is 6.75. The van der Waals surface area contributed by atoms with E-state index in [9.17, 15) is 19.0 Å². The van der Waals surface area contributed by atoms with Gasteiger partial charge in [-0.05, 0) is 67.3 Å². The number of nitrogens with zero attached hydrogens (tertiary/aromatic N) is 1. The van der Waals surface area contributed by atoms with Crippen molar-refractivity contribution >= 4 is 22.4 Å². The first-order chi connectivity index (χ1) is 16.4. The van der Waals surface area contributed by atoms with Gasteiger partial charge in [0.2, 0.25) is 0 Å².